The quantitative estimate of drug-likeness (QED) is 0.155. The molecule has 4 aromatic carbocycles. The van der Waals surface area contributed by atoms with Gasteiger partial charge in [0.1, 0.15) is 0 Å². The molecule has 6 rings (SSSR count). The van der Waals surface area contributed by atoms with E-state index in [1.165, 1.54) is 15.9 Å². The van der Waals surface area contributed by atoms with E-state index in [9.17, 15) is 4.21 Å². The molecule has 0 bridgehead atoms. The Kier molecular flexibility index (Phi) is 13.1. The second-order valence-corrected chi connectivity index (χ2v) is 13.2. The van der Waals surface area contributed by atoms with Crippen LogP contribution in [-0.4, -0.2) is 11.3 Å². The van der Waals surface area contributed by atoms with Crippen LogP contribution in [0.2, 0.25) is 0 Å². The molecule has 0 heterocycles. The summed E-state index contributed by atoms with van der Waals surface area (Å²) in [5.41, 5.74) is 2.25. The van der Waals surface area contributed by atoms with Crippen LogP contribution >= 0.6 is 7.92 Å². The first-order chi connectivity index (χ1) is 20.2. The van der Waals surface area contributed by atoms with Gasteiger partial charge in [0.05, 0.1) is 22.2 Å². The second kappa shape index (κ2) is 16.7. The van der Waals surface area contributed by atoms with Gasteiger partial charge in [-0.1, -0.05) is 103 Å². The number of benzene rings is 4. The summed E-state index contributed by atoms with van der Waals surface area (Å²) >= 11 is 0. The Morgan fingerprint density at radius 1 is 0.643 bits per heavy atom. The number of hydrogen-bond acceptors (Lipinski definition) is 2. The van der Waals surface area contributed by atoms with Crippen molar-refractivity contribution in [1.29, 1.82) is 0 Å². The van der Waals surface area contributed by atoms with Gasteiger partial charge >= 0.3 is 17.1 Å². The van der Waals surface area contributed by atoms with Crippen molar-refractivity contribution in [3.05, 3.63) is 183 Å². The van der Waals surface area contributed by atoms with E-state index in [1.807, 2.05) is 82.6 Å². The van der Waals surface area contributed by atoms with Gasteiger partial charge in [0, 0.05) is 17.9 Å². The summed E-state index contributed by atoms with van der Waals surface area (Å²) in [7, 11) is -0.368. The summed E-state index contributed by atoms with van der Waals surface area (Å²) < 4.78 is 19.8. The summed E-state index contributed by atoms with van der Waals surface area (Å²) in [4.78, 5) is 0.798. The Labute approximate surface area is 267 Å². The molecule has 2 aliphatic carbocycles. The maximum Gasteiger partial charge on any atom is 2.00 e. The molecule has 0 N–H and O–H groups in total. The van der Waals surface area contributed by atoms with E-state index in [0.717, 1.165) is 27.2 Å². The monoisotopic (exact) mass is 628 g/mol. The predicted octanol–water partition coefficient (Wildman–Crippen LogP) is 7.00. The standard InChI is InChI=1S/C32H28O2PS.C5H5.Fe/c1-24-20-22-27(23-21-24)36(33)31-19-11-17-29(31)32(34-2)28-16-9-10-18-30(28)35(25-12-5-3-6-13-25)26-14-7-4-8-15-26;1-2-4-5-3-1;/h3-23,32H,1-2H3;1-5H;/q;;+2/t32-,36-;;/m0../s1. The minimum atomic E-state index is -1.30. The van der Waals surface area contributed by atoms with Gasteiger partial charge in [-0.15, -0.1) is 0 Å². The van der Waals surface area contributed by atoms with E-state index in [4.69, 9.17) is 4.74 Å². The summed E-state index contributed by atoms with van der Waals surface area (Å²) in [6.45, 7) is 2.04. The molecule has 0 aromatic heterocycles. The zero-order valence-corrected chi connectivity index (χ0v) is 26.4. The molecule has 210 valence electrons. The third-order valence-electron chi connectivity index (χ3n) is 6.81. The topological polar surface area (TPSA) is 26.3 Å². The predicted molar refractivity (Wildman–Crippen MR) is 173 cm³/mol. The zero-order valence-electron chi connectivity index (χ0n) is 23.6. The maximum absolute atomic E-state index is 13.6. The second-order valence-electron chi connectivity index (χ2n) is 9.57. The van der Waals surface area contributed by atoms with Crippen molar-refractivity contribution in [3.8, 4) is 0 Å². The average molecular weight is 629 g/mol. The molecule has 0 aliphatic heterocycles. The van der Waals surface area contributed by atoms with Gasteiger partial charge in [-0.2, -0.15) is 0 Å². The fourth-order valence-corrected chi connectivity index (χ4v) is 8.54. The Bertz CT molecular complexity index is 1330. The molecule has 2 aliphatic rings. The van der Waals surface area contributed by atoms with Gasteiger partial charge in [-0.25, -0.2) is 0 Å². The van der Waals surface area contributed by atoms with E-state index in [0.29, 0.717) is 0 Å². The van der Waals surface area contributed by atoms with Crippen molar-refractivity contribution in [2.24, 2.45) is 0 Å². The molecule has 10 radical (unpaired) electrons. The summed E-state index contributed by atoms with van der Waals surface area (Å²) in [6, 6.07) is 37.8. The Morgan fingerprint density at radius 3 is 1.71 bits per heavy atom. The smallest absolute Gasteiger partial charge is 0.376 e. The van der Waals surface area contributed by atoms with Gasteiger partial charge in [-0.3, -0.25) is 4.21 Å². The SMILES string of the molecule is CO[C@H]([C]1[CH][CH][CH][C]1[S@@](=O)c1ccc(C)cc1)c1ccccc1P(c1ccccc1)c1ccccc1.[CH]1[CH][CH][CH][CH]1.[Fe+2]. The van der Waals surface area contributed by atoms with Crippen LogP contribution in [0.15, 0.2) is 114 Å². The van der Waals surface area contributed by atoms with Crippen LogP contribution in [-0.2, 0) is 32.6 Å². The number of hydrogen-bond donors (Lipinski definition) is 0. The number of ether oxygens (including phenoxy) is 1. The molecule has 2 fully saturated rings. The van der Waals surface area contributed by atoms with E-state index < -0.39 is 18.7 Å². The fourth-order valence-electron chi connectivity index (χ4n) is 4.83. The van der Waals surface area contributed by atoms with Crippen LogP contribution in [0.25, 0.3) is 0 Å². The number of methoxy groups -OCH3 is 1. The van der Waals surface area contributed by atoms with Crippen LogP contribution in [0.3, 0.4) is 0 Å². The first-order valence-electron chi connectivity index (χ1n) is 13.6. The third-order valence-corrected chi connectivity index (χ3v) is 10.8. The maximum atomic E-state index is 13.6. The third kappa shape index (κ3) is 8.10. The zero-order chi connectivity index (χ0) is 28.4. The van der Waals surface area contributed by atoms with Gasteiger partial charge in [0.15, 0.2) is 0 Å². The van der Waals surface area contributed by atoms with Crippen molar-refractivity contribution < 1.29 is 26.0 Å². The van der Waals surface area contributed by atoms with Crippen molar-refractivity contribution in [3.63, 3.8) is 0 Å². The van der Waals surface area contributed by atoms with Crippen molar-refractivity contribution in [2.45, 2.75) is 17.9 Å². The summed E-state index contributed by atoms with van der Waals surface area (Å²) in [6.07, 6.45) is 15.6. The molecule has 4 aromatic rings. The minimum Gasteiger partial charge on any atom is -0.376 e. The van der Waals surface area contributed by atoms with E-state index in [1.54, 1.807) is 7.11 Å². The Hall–Kier alpha value is -2.06. The molecular weight excluding hydrogens is 595 g/mol. The Balaban J connectivity index is 0.000000612. The molecular formula is C37H33FeO2PS+2. The largest absolute Gasteiger partial charge is 2.00 e. The van der Waals surface area contributed by atoms with Crippen LogP contribution < -0.4 is 15.9 Å². The van der Waals surface area contributed by atoms with Gasteiger partial charge in [0.2, 0.25) is 0 Å². The van der Waals surface area contributed by atoms with E-state index >= 15 is 0 Å². The number of rotatable bonds is 8. The van der Waals surface area contributed by atoms with Crippen molar-refractivity contribution in [2.75, 3.05) is 7.11 Å². The van der Waals surface area contributed by atoms with Crippen LogP contribution in [0.4, 0.5) is 0 Å². The first kappa shape index (κ1) is 32.8. The minimum absolute atomic E-state index is 0. The van der Waals surface area contributed by atoms with E-state index in [2.05, 4.69) is 84.9 Å². The Morgan fingerprint density at radius 2 is 1.17 bits per heavy atom. The molecule has 2 atom stereocenters. The summed E-state index contributed by atoms with van der Waals surface area (Å²) in [5, 5.41) is 4.60. The molecule has 42 heavy (non-hydrogen) atoms. The van der Waals surface area contributed by atoms with Crippen LogP contribution in [0.5, 0.6) is 0 Å². The van der Waals surface area contributed by atoms with Gasteiger partial charge in [0.25, 0.3) is 0 Å². The van der Waals surface area contributed by atoms with Crippen molar-refractivity contribution >= 4 is 34.6 Å². The van der Waals surface area contributed by atoms with Gasteiger partial charge in [-0.05, 0) is 99.8 Å². The van der Waals surface area contributed by atoms with Crippen molar-refractivity contribution in [1.82, 2.24) is 0 Å². The molecule has 0 unspecified atom stereocenters. The average Bonchev–Trinajstić information content (AvgIpc) is 3.76. The molecule has 0 saturated heterocycles. The summed E-state index contributed by atoms with van der Waals surface area (Å²) in [5.74, 6) is 0.944. The first-order valence-corrected chi connectivity index (χ1v) is 16.1. The normalized spacial score (nSPS) is 16.8. The van der Waals surface area contributed by atoms with E-state index in [-0.39, 0.29) is 23.2 Å². The molecule has 5 heteroatoms. The number of aryl methyl sites for hydroxylation is 1. The molecule has 0 amide bonds. The molecule has 0 spiro atoms. The molecule has 2 nitrogen and oxygen atoms in total. The van der Waals surface area contributed by atoms with Gasteiger partial charge < -0.3 is 4.74 Å². The van der Waals surface area contributed by atoms with Crippen LogP contribution in [0.1, 0.15) is 17.2 Å². The molecule has 2 saturated carbocycles. The fraction of sp³-hybridized carbons (Fsp3) is 0.0811. The van der Waals surface area contributed by atoms with Crippen LogP contribution in [0, 0.1) is 69.5 Å².